The Hall–Kier alpha value is -2.42. The number of rotatable bonds is 7. The van der Waals surface area contributed by atoms with Crippen molar-refractivity contribution in [1.82, 2.24) is 0 Å². The Balaban J connectivity index is 1.63. The molecule has 0 aromatic carbocycles. The quantitative estimate of drug-likeness (QED) is 0.459. The standard InChI is InChI=1S/C29H42O9/c1-6-35-26(34)38-29(23(32)16-37-25(33)36-15-17(2)3)12-10-21-20-8-7-18-13-19(30)9-11-27(18,4)24(20)22(31)14-28(21,29)5/h13,17,20-22,24,31H,6-12,14-16H2,1-5H3/t20-,21-,22-,24+,27-,28-,29-/m0/s1. The molecule has 9 heteroatoms. The molecule has 4 rings (SSSR count). The van der Waals surface area contributed by atoms with Gasteiger partial charge in [-0.1, -0.05) is 33.3 Å². The van der Waals surface area contributed by atoms with Crippen LogP contribution in [0.15, 0.2) is 11.6 Å². The molecule has 0 radical (unpaired) electrons. The molecule has 0 saturated heterocycles. The van der Waals surface area contributed by atoms with E-state index < -0.39 is 41.8 Å². The molecule has 212 valence electrons. The van der Waals surface area contributed by atoms with E-state index in [-0.39, 0.29) is 60.9 Å². The average Bonchev–Trinajstić information content (AvgIpc) is 3.13. The minimum absolute atomic E-state index is 0.00169. The van der Waals surface area contributed by atoms with E-state index in [2.05, 4.69) is 6.92 Å². The minimum Gasteiger partial charge on any atom is -0.435 e. The second-order valence-corrected chi connectivity index (χ2v) is 12.4. The summed E-state index contributed by atoms with van der Waals surface area (Å²) >= 11 is 0. The van der Waals surface area contributed by atoms with Crippen LogP contribution in [0.1, 0.15) is 79.6 Å². The zero-order valence-electron chi connectivity index (χ0n) is 23.2. The smallest absolute Gasteiger partial charge is 0.435 e. The van der Waals surface area contributed by atoms with Crippen molar-refractivity contribution in [2.24, 2.45) is 34.5 Å². The van der Waals surface area contributed by atoms with Gasteiger partial charge in [0.25, 0.3) is 0 Å². The second-order valence-electron chi connectivity index (χ2n) is 12.4. The topological polar surface area (TPSA) is 125 Å². The summed E-state index contributed by atoms with van der Waals surface area (Å²) in [6.45, 7) is 9.14. The number of fused-ring (bicyclic) bond motifs is 5. The summed E-state index contributed by atoms with van der Waals surface area (Å²) in [6.07, 6.45) is 2.99. The molecule has 0 spiro atoms. The Labute approximate surface area is 224 Å². The molecule has 3 saturated carbocycles. The number of carbonyl (C=O) groups excluding carboxylic acids is 4. The highest BCUT2D eigenvalue weighted by molar-refractivity contribution is 5.93. The van der Waals surface area contributed by atoms with Crippen LogP contribution in [0.3, 0.4) is 0 Å². The Kier molecular flexibility index (Phi) is 7.99. The molecule has 4 aliphatic rings. The molecular weight excluding hydrogens is 492 g/mol. The van der Waals surface area contributed by atoms with Crippen molar-refractivity contribution >= 4 is 23.9 Å². The predicted octanol–water partition coefficient (Wildman–Crippen LogP) is 4.78. The Morgan fingerprint density at radius 1 is 1.05 bits per heavy atom. The highest BCUT2D eigenvalue weighted by Crippen LogP contribution is 2.68. The van der Waals surface area contributed by atoms with Gasteiger partial charge in [0.1, 0.15) is 0 Å². The lowest BCUT2D eigenvalue weighted by molar-refractivity contribution is -0.187. The first-order chi connectivity index (χ1) is 17.9. The van der Waals surface area contributed by atoms with Crippen molar-refractivity contribution in [3.63, 3.8) is 0 Å². The van der Waals surface area contributed by atoms with Crippen molar-refractivity contribution in [2.75, 3.05) is 19.8 Å². The molecule has 0 bridgehead atoms. The fraction of sp³-hybridized carbons (Fsp3) is 0.793. The molecule has 7 atom stereocenters. The summed E-state index contributed by atoms with van der Waals surface area (Å²) in [5, 5.41) is 11.7. The number of Topliss-reactive ketones (excluding diaryl/α,β-unsaturated/α-hetero) is 1. The number of hydrogen-bond acceptors (Lipinski definition) is 9. The maximum atomic E-state index is 13.8. The van der Waals surface area contributed by atoms with E-state index in [1.54, 1.807) is 13.0 Å². The third kappa shape index (κ3) is 4.75. The van der Waals surface area contributed by atoms with Crippen LogP contribution >= 0.6 is 0 Å². The molecular formula is C29H42O9. The van der Waals surface area contributed by atoms with Gasteiger partial charge in [-0.25, -0.2) is 9.59 Å². The van der Waals surface area contributed by atoms with E-state index in [1.807, 2.05) is 20.8 Å². The number of ketones is 2. The van der Waals surface area contributed by atoms with E-state index in [0.29, 0.717) is 19.3 Å². The first-order valence-corrected chi connectivity index (χ1v) is 14.0. The van der Waals surface area contributed by atoms with Gasteiger partial charge in [0, 0.05) is 11.8 Å². The first kappa shape index (κ1) is 28.6. The highest BCUT2D eigenvalue weighted by Gasteiger charge is 2.70. The first-order valence-electron chi connectivity index (χ1n) is 14.0. The van der Waals surface area contributed by atoms with Gasteiger partial charge < -0.3 is 24.1 Å². The van der Waals surface area contributed by atoms with Gasteiger partial charge in [-0.2, -0.15) is 0 Å². The molecule has 3 fully saturated rings. The molecule has 4 aliphatic carbocycles. The molecule has 0 unspecified atom stereocenters. The third-order valence-corrected chi connectivity index (χ3v) is 9.84. The summed E-state index contributed by atoms with van der Waals surface area (Å²) in [7, 11) is 0. The zero-order valence-corrected chi connectivity index (χ0v) is 23.2. The normalized spacial score (nSPS) is 37.9. The van der Waals surface area contributed by atoms with Crippen LogP contribution in [0, 0.1) is 34.5 Å². The SMILES string of the molecule is CCOC(=O)O[C@]1(C(=O)COC(=O)OCC(C)C)CC[C@H]2[C@@H]3CCC4=CC(=O)CC[C@]4(C)[C@H]3[C@@H](O)C[C@@]21C. The third-order valence-electron chi connectivity index (χ3n) is 9.84. The summed E-state index contributed by atoms with van der Waals surface area (Å²) in [6, 6.07) is 0. The number of aliphatic hydroxyl groups excluding tert-OH is 1. The second kappa shape index (κ2) is 10.6. The van der Waals surface area contributed by atoms with Gasteiger partial charge in [-0.3, -0.25) is 9.59 Å². The molecule has 0 aliphatic heterocycles. The van der Waals surface area contributed by atoms with Crippen LogP contribution in [-0.4, -0.2) is 60.5 Å². The predicted molar refractivity (Wildman–Crippen MR) is 136 cm³/mol. The van der Waals surface area contributed by atoms with E-state index >= 15 is 0 Å². The van der Waals surface area contributed by atoms with Crippen LogP contribution in [0.25, 0.3) is 0 Å². The maximum Gasteiger partial charge on any atom is 0.509 e. The number of hydrogen-bond donors (Lipinski definition) is 1. The van der Waals surface area contributed by atoms with Crippen molar-refractivity contribution in [3.05, 3.63) is 11.6 Å². The molecule has 9 nitrogen and oxygen atoms in total. The number of carbonyl (C=O) groups is 4. The van der Waals surface area contributed by atoms with E-state index in [9.17, 15) is 24.3 Å². The fourth-order valence-corrected chi connectivity index (χ4v) is 8.16. The lowest BCUT2D eigenvalue weighted by Gasteiger charge is -2.60. The van der Waals surface area contributed by atoms with Crippen LogP contribution < -0.4 is 0 Å². The number of aliphatic hydroxyl groups is 1. The van der Waals surface area contributed by atoms with Crippen molar-refractivity contribution in [1.29, 1.82) is 0 Å². The molecule has 0 amide bonds. The average molecular weight is 535 g/mol. The summed E-state index contributed by atoms with van der Waals surface area (Å²) in [4.78, 5) is 50.7. The van der Waals surface area contributed by atoms with Crippen molar-refractivity contribution < 1.29 is 43.2 Å². The fourth-order valence-electron chi connectivity index (χ4n) is 8.16. The van der Waals surface area contributed by atoms with Crippen molar-refractivity contribution in [2.45, 2.75) is 91.3 Å². The molecule has 0 heterocycles. The van der Waals surface area contributed by atoms with Crippen LogP contribution in [0.4, 0.5) is 9.59 Å². The summed E-state index contributed by atoms with van der Waals surface area (Å²) in [5.41, 5.74) is -1.65. The van der Waals surface area contributed by atoms with Gasteiger partial charge in [-0.15, -0.1) is 0 Å². The van der Waals surface area contributed by atoms with E-state index in [1.165, 1.54) is 0 Å². The Morgan fingerprint density at radius 2 is 1.79 bits per heavy atom. The molecule has 0 aromatic heterocycles. The maximum absolute atomic E-state index is 13.8. The van der Waals surface area contributed by atoms with Gasteiger partial charge in [0.15, 0.2) is 18.0 Å². The van der Waals surface area contributed by atoms with Gasteiger partial charge in [0.2, 0.25) is 5.78 Å². The zero-order chi connectivity index (χ0) is 27.9. The summed E-state index contributed by atoms with van der Waals surface area (Å²) in [5.74, 6) is -0.239. The van der Waals surface area contributed by atoms with Gasteiger partial charge in [0.05, 0.1) is 19.3 Å². The van der Waals surface area contributed by atoms with Crippen LogP contribution in [0.5, 0.6) is 0 Å². The lowest BCUT2D eigenvalue weighted by Crippen LogP contribution is -2.63. The summed E-state index contributed by atoms with van der Waals surface area (Å²) < 4.78 is 21.1. The van der Waals surface area contributed by atoms with Crippen LogP contribution in [-0.2, 0) is 28.5 Å². The van der Waals surface area contributed by atoms with Gasteiger partial charge >= 0.3 is 12.3 Å². The lowest BCUT2D eigenvalue weighted by atomic mass is 9.45. The van der Waals surface area contributed by atoms with Crippen molar-refractivity contribution in [3.8, 4) is 0 Å². The Bertz CT molecular complexity index is 1000. The largest absolute Gasteiger partial charge is 0.509 e. The minimum atomic E-state index is -1.60. The monoisotopic (exact) mass is 534 g/mol. The Morgan fingerprint density at radius 3 is 2.47 bits per heavy atom. The highest BCUT2D eigenvalue weighted by atomic mass is 16.7. The number of ether oxygens (including phenoxy) is 4. The van der Waals surface area contributed by atoms with E-state index in [4.69, 9.17) is 18.9 Å². The molecule has 1 N–H and O–H groups in total. The molecule has 0 aromatic rings. The van der Waals surface area contributed by atoms with Crippen LogP contribution in [0.2, 0.25) is 0 Å². The van der Waals surface area contributed by atoms with Gasteiger partial charge in [-0.05, 0) is 80.6 Å². The molecule has 38 heavy (non-hydrogen) atoms. The van der Waals surface area contributed by atoms with E-state index in [0.717, 1.165) is 18.4 Å². The number of allylic oxidation sites excluding steroid dienone is 1.